The second kappa shape index (κ2) is 6.62. The Balaban J connectivity index is 2.09. The van der Waals surface area contributed by atoms with E-state index >= 15 is 0 Å². The zero-order valence-electron chi connectivity index (χ0n) is 15.7. The van der Waals surface area contributed by atoms with Gasteiger partial charge in [0.1, 0.15) is 0 Å². The molecule has 0 fully saturated rings. The number of nitrogens with zero attached hydrogens (tertiary/aromatic N) is 1. The van der Waals surface area contributed by atoms with Gasteiger partial charge in [-0.25, -0.2) is 0 Å². The van der Waals surface area contributed by atoms with Crippen LogP contribution in [0.25, 0.3) is 5.47 Å². The van der Waals surface area contributed by atoms with Gasteiger partial charge in [0.2, 0.25) is 0 Å². The minimum Gasteiger partial charge on any atom is -0.509 e. The summed E-state index contributed by atoms with van der Waals surface area (Å²) >= 11 is 0. The monoisotopic (exact) mass is 339 g/mol. The number of hydrogen-bond acceptors (Lipinski definition) is 0. The molecule has 0 saturated carbocycles. The fourth-order valence-corrected chi connectivity index (χ4v) is 5.10. The highest BCUT2D eigenvalue weighted by molar-refractivity contribution is 7.10. The van der Waals surface area contributed by atoms with Crippen molar-refractivity contribution >= 4 is 22.7 Å². The van der Waals surface area contributed by atoms with Crippen LogP contribution in [-0.2, 0) is 0 Å². The van der Waals surface area contributed by atoms with Crippen molar-refractivity contribution in [1.29, 1.82) is 0 Å². The number of benzene rings is 3. The van der Waals surface area contributed by atoms with Gasteiger partial charge in [-0.15, -0.1) is 22.5 Å². The molecule has 0 atom stereocenters. The van der Waals surface area contributed by atoms with Crippen molar-refractivity contribution in [1.82, 2.24) is 0 Å². The molecule has 0 radical (unpaired) electrons. The summed E-state index contributed by atoms with van der Waals surface area (Å²) in [6, 6.07) is 33.2. The molecule has 2 heteroatoms. The summed E-state index contributed by atoms with van der Waals surface area (Å²) in [5.41, 5.74) is 5.64. The van der Waals surface area contributed by atoms with E-state index in [-0.39, 0.29) is 0 Å². The molecule has 0 aliphatic carbocycles. The predicted molar refractivity (Wildman–Crippen MR) is 114 cm³/mol. The van der Waals surface area contributed by atoms with Crippen LogP contribution >= 0.6 is 0 Å². The van der Waals surface area contributed by atoms with Gasteiger partial charge in [-0.2, -0.15) is 0 Å². The van der Waals surface area contributed by atoms with Gasteiger partial charge in [0.05, 0.1) is 0 Å². The van der Waals surface area contributed by atoms with Gasteiger partial charge in [-0.05, 0) is 0 Å². The molecule has 1 heterocycles. The maximum Gasteiger partial charge on any atom is 0.290 e. The van der Waals surface area contributed by atoms with Crippen molar-refractivity contribution < 1.29 is 4.39 Å². The van der Waals surface area contributed by atoms with Crippen molar-refractivity contribution in [3.05, 3.63) is 103 Å². The zero-order valence-corrected chi connectivity index (χ0v) is 15.7. The summed E-state index contributed by atoms with van der Waals surface area (Å²) < 4.78 is 0.967. The largest absolute Gasteiger partial charge is 0.509 e. The first-order chi connectivity index (χ1) is 12.7. The normalized spacial score (nSPS) is 18.2. The molecule has 130 valence electrons. The lowest BCUT2D eigenvalue weighted by molar-refractivity contribution is -0.786. The smallest absolute Gasteiger partial charge is 0.290 e. The molecule has 3 aromatic carbocycles. The van der Waals surface area contributed by atoms with E-state index in [4.69, 9.17) is 0 Å². The van der Waals surface area contributed by atoms with Crippen molar-refractivity contribution in [2.75, 3.05) is 20.6 Å². The molecular weight excluding hydrogens is 313 g/mol. The fourth-order valence-electron chi connectivity index (χ4n) is 5.10. The van der Waals surface area contributed by atoms with E-state index in [1.54, 1.807) is 0 Å². The molecule has 0 bridgehead atoms. The van der Waals surface area contributed by atoms with Crippen LogP contribution < -0.4 is 10.9 Å². The van der Waals surface area contributed by atoms with Crippen LogP contribution in [0.2, 0.25) is 0 Å². The standard InChI is InChI=1S/C24H26BN/c1-26(2)20-12-19-24(21-13-6-3-7-14-21)25(26,22-15-8-4-9-16-22)23-17-10-5-11-18-23/h3-11,13-19H,12,20H2,1-2H3. The van der Waals surface area contributed by atoms with E-state index in [2.05, 4.69) is 111 Å². The van der Waals surface area contributed by atoms with Gasteiger partial charge < -0.3 is 4.39 Å². The van der Waals surface area contributed by atoms with Crippen LogP contribution in [0.15, 0.2) is 97.1 Å². The molecule has 0 amide bonds. The summed E-state index contributed by atoms with van der Waals surface area (Å²) in [4.78, 5) is 0. The highest BCUT2D eigenvalue weighted by Crippen LogP contribution is 2.35. The Labute approximate surface area is 157 Å². The van der Waals surface area contributed by atoms with E-state index in [0.29, 0.717) is 0 Å². The Hall–Kier alpha value is -2.58. The van der Waals surface area contributed by atoms with Crippen LogP contribution in [0.3, 0.4) is 0 Å². The van der Waals surface area contributed by atoms with Crippen LogP contribution in [0.4, 0.5) is 0 Å². The average molecular weight is 339 g/mol. The van der Waals surface area contributed by atoms with E-state index in [9.17, 15) is 0 Å². The molecule has 0 aromatic heterocycles. The molecule has 0 unspecified atom stereocenters. The Morgan fingerprint density at radius 2 is 1.12 bits per heavy atom. The maximum atomic E-state index is 2.48. The van der Waals surface area contributed by atoms with Gasteiger partial charge in [-0.1, -0.05) is 96.6 Å². The molecule has 1 aliphatic heterocycles. The number of quaternary nitrogens is 1. The fraction of sp³-hybridized carbons (Fsp3) is 0.167. The minimum absolute atomic E-state index is 0.967. The van der Waals surface area contributed by atoms with Crippen LogP contribution in [0.5, 0.6) is 0 Å². The quantitative estimate of drug-likeness (QED) is 0.636. The Bertz CT molecular complexity index is 859. The van der Waals surface area contributed by atoms with Crippen LogP contribution in [-0.4, -0.2) is 31.3 Å². The molecule has 0 N–H and O–H groups in total. The molecular formula is C24H26BN. The molecule has 1 aliphatic rings. The minimum atomic E-state index is -1.13. The SMILES string of the molecule is C[N+]1(C)CCC=C(c2ccccc2)[B-]1(c1ccccc1)c1ccccc1. The molecule has 0 spiro atoms. The summed E-state index contributed by atoms with van der Waals surface area (Å²) in [7, 11) is 4.80. The first-order valence-corrected chi connectivity index (χ1v) is 9.51. The van der Waals surface area contributed by atoms with Gasteiger partial charge in [0.25, 0.3) is 6.28 Å². The number of rotatable bonds is 3. The van der Waals surface area contributed by atoms with E-state index < -0.39 is 6.28 Å². The summed E-state index contributed by atoms with van der Waals surface area (Å²) in [5, 5.41) is 0. The highest BCUT2D eigenvalue weighted by Gasteiger charge is 2.49. The van der Waals surface area contributed by atoms with Crippen molar-refractivity contribution in [3.8, 4) is 0 Å². The summed E-state index contributed by atoms with van der Waals surface area (Å²) in [6.45, 7) is 1.14. The van der Waals surface area contributed by atoms with Gasteiger partial charge in [0, 0.05) is 27.1 Å². The molecule has 1 nitrogen and oxygen atoms in total. The Morgan fingerprint density at radius 1 is 0.654 bits per heavy atom. The third-order valence-corrected chi connectivity index (χ3v) is 6.24. The van der Waals surface area contributed by atoms with E-state index in [1.807, 2.05) is 0 Å². The topological polar surface area (TPSA) is 0 Å². The Kier molecular flexibility index (Phi) is 4.30. The zero-order chi connectivity index (χ0) is 18.0. The van der Waals surface area contributed by atoms with E-state index in [0.717, 1.165) is 17.4 Å². The number of hydrogen-bond donors (Lipinski definition) is 0. The lowest BCUT2D eigenvalue weighted by Gasteiger charge is -2.60. The van der Waals surface area contributed by atoms with Crippen molar-refractivity contribution in [2.45, 2.75) is 6.42 Å². The third kappa shape index (κ3) is 2.53. The highest BCUT2D eigenvalue weighted by atomic mass is 15.3. The maximum absolute atomic E-state index is 2.48. The molecule has 3 aromatic rings. The average Bonchev–Trinajstić information content (AvgIpc) is 2.69. The molecule has 26 heavy (non-hydrogen) atoms. The Morgan fingerprint density at radius 3 is 1.62 bits per heavy atom. The van der Waals surface area contributed by atoms with E-state index in [1.165, 1.54) is 22.0 Å². The van der Waals surface area contributed by atoms with Crippen molar-refractivity contribution in [2.24, 2.45) is 0 Å². The van der Waals surface area contributed by atoms with Gasteiger partial charge >= 0.3 is 0 Å². The van der Waals surface area contributed by atoms with Gasteiger partial charge in [-0.3, -0.25) is 0 Å². The molecule has 0 saturated heterocycles. The second-order valence-corrected chi connectivity index (χ2v) is 7.96. The summed E-state index contributed by atoms with van der Waals surface area (Å²) in [6.07, 6.45) is 2.47. The van der Waals surface area contributed by atoms with Crippen LogP contribution in [0.1, 0.15) is 12.0 Å². The third-order valence-electron chi connectivity index (χ3n) is 6.24. The summed E-state index contributed by atoms with van der Waals surface area (Å²) in [5.74, 6) is 0. The second-order valence-electron chi connectivity index (χ2n) is 7.96. The predicted octanol–water partition coefficient (Wildman–Crippen LogP) is 3.85. The lowest BCUT2D eigenvalue weighted by atomic mass is 9.20. The van der Waals surface area contributed by atoms with Gasteiger partial charge in [0.15, 0.2) is 0 Å². The molecule has 4 rings (SSSR count). The first-order valence-electron chi connectivity index (χ1n) is 9.51. The first kappa shape index (κ1) is 16.9. The van der Waals surface area contributed by atoms with Crippen LogP contribution in [0, 0.1) is 0 Å². The van der Waals surface area contributed by atoms with Crippen molar-refractivity contribution in [3.63, 3.8) is 0 Å². The lowest BCUT2D eigenvalue weighted by Crippen LogP contribution is -2.79.